The molecule has 0 aliphatic carbocycles. The van der Waals surface area contributed by atoms with Gasteiger partial charge in [-0.25, -0.2) is 0 Å². The van der Waals surface area contributed by atoms with Crippen molar-refractivity contribution in [3.05, 3.63) is 63.7 Å². The number of fused-ring (bicyclic) bond motifs is 5. The summed E-state index contributed by atoms with van der Waals surface area (Å²) in [5.74, 6) is -3.37. The standard InChI is InChI=1S/C46H62IN8O8S/c1-27-43(59)54-19-9-12-34(54)44(60)52(5)36(22-29-13-15-33(16-14-29)51(3)4)45(61)55-24-31(26-64-38-25-53-20-17-30(38)18-21-53)37(56)23-35(55)41(57)50-40(47-32-10-7-6-8-11-32)46(62)63-28(2)39(48)42(58)49-27/h6-8,10-11,13-16,27-28,30-31,34-36,38-40H,9,12,17-26,48H2,1-5H3,(H,49,58)(H,50,57)/q-1/t27-,28+,31-,34?,35-,36+,38?,39-,40+/m0/s1. The van der Waals surface area contributed by atoms with Crippen LogP contribution in [0.4, 0.5) is 5.69 Å². The molecule has 64 heavy (non-hydrogen) atoms. The van der Waals surface area contributed by atoms with E-state index in [0.29, 0.717) is 29.8 Å². The van der Waals surface area contributed by atoms with Gasteiger partial charge in [0.05, 0.1) is 0 Å². The Morgan fingerprint density at radius 2 is 1.52 bits per heavy atom. The van der Waals surface area contributed by atoms with Crippen LogP contribution in [0.1, 0.15) is 51.5 Å². The summed E-state index contributed by atoms with van der Waals surface area (Å²) in [6, 6.07) is 11.0. The van der Waals surface area contributed by atoms with Gasteiger partial charge in [-0.05, 0) is 13.1 Å². The minimum atomic E-state index is -1.37. The number of hydrogen-bond acceptors (Lipinski definition) is 12. The van der Waals surface area contributed by atoms with Crippen LogP contribution in [0.3, 0.4) is 0 Å². The number of nitrogens with one attached hydrogen (secondary N) is 2. The molecule has 0 aromatic heterocycles. The Morgan fingerprint density at radius 1 is 0.812 bits per heavy atom. The molecule has 2 aromatic rings. The fourth-order valence-electron chi connectivity index (χ4n) is 9.42. The van der Waals surface area contributed by atoms with Crippen molar-refractivity contribution in [1.82, 2.24) is 30.2 Å². The van der Waals surface area contributed by atoms with Crippen molar-refractivity contribution in [3.8, 4) is 0 Å². The number of carbonyl (C=O) groups excluding carboxylic acids is 7. The molecule has 0 saturated carbocycles. The maximum absolute atomic E-state index is 15.5. The number of likely N-dealkylation sites (N-methyl/N-ethyl adjacent to an activating group) is 1. The second-order valence-electron chi connectivity index (χ2n) is 18.0. The number of thioether (sulfide) groups is 1. The number of nitrogens with zero attached hydrogens (tertiary/aromatic N) is 5. The molecule has 18 heteroatoms. The van der Waals surface area contributed by atoms with Gasteiger partial charge in [0.15, 0.2) is 0 Å². The Balaban J connectivity index is 1.27. The number of piperidine rings is 4. The van der Waals surface area contributed by atoms with Gasteiger partial charge >= 0.3 is 360 Å². The summed E-state index contributed by atoms with van der Waals surface area (Å²) in [6.07, 6.45) is 1.75. The Hall–Kier alpha value is -4.27. The molecule has 2 aromatic carbocycles. The summed E-state index contributed by atoms with van der Waals surface area (Å²) in [5.41, 5.74) is 8.03. The normalized spacial score (nSPS) is 32.2. The van der Waals surface area contributed by atoms with E-state index >= 15 is 4.79 Å². The molecule has 2 unspecified atom stereocenters. The summed E-state index contributed by atoms with van der Waals surface area (Å²) >= 11 is 0.452. The van der Waals surface area contributed by atoms with Gasteiger partial charge in [0.1, 0.15) is 0 Å². The summed E-state index contributed by atoms with van der Waals surface area (Å²) in [4.78, 5) is 109. The predicted octanol–water partition coefficient (Wildman–Crippen LogP) is -2.09. The summed E-state index contributed by atoms with van der Waals surface area (Å²) in [5, 5.41) is 5.89. The van der Waals surface area contributed by atoms with E-state index in [1.165, 1.54) is 28.5 Å². The Bertz CT molecular complexity index is 2060. The summed E-state index contributed by atoms with van der Waals surface area (Å²) in [7, 11) is 5.40. The Labute approximate surface area is 390 Å². The van der Waals surface area contributed by atoms with Crippen LogP contribution in [-0.4, -0.2) is 166 Å². The molecule has 5 amide bonds. The fraction of sp³-hybridized carbons (Fsp3) is 0.587. The Kier molecular flexibility index (Phi) is 15.6. The van der Waals surface area contributed by atoms with Crippen LogP contribution < -0.4 is 42.5 Å². The summed E-state index contributed by atoms with van der Waals surface area (Å²) in [6.45, 7) is 6.32. The van der Waals surface area contributed by atoms with Gasteiger partial charge in [-0.1, -0.05) is 0 Å². The number of alkyl halides is 1. The van der Waals surface area contributed by atoms with Crippen LogP contribution in [0.2, 0.25) is 0 Å². The quantitative estimate of drug-likeness (QED) is 0.113. The van der Waals surface area contributed by atoms with Gasteiger partial charge in [-0.2, -0.15) is 0 Å². The number of ether oxygens (including phenoxy) is 1. The van der Waals surface area contributed by atoms with Crippen molar-refractivity contribution in [2.45, 2.75) is 98.0 Å². The zero-order valence-corrected chi connectivity index (χ0v) is 40.3. The number of esters is 1. The zero-order valence-electron chi connectivity index (χ0n) is 37.3. The monoisotopic (exact) mass is 1010 g/mol. The van der Waals surface area contributed by atoms with Crippen LogP contribution in [0.15, 0.2) is 54.6 Å². The van der Waals surface area contributed by atoms with Crippen molar-refractivity contribution in [1.29, 1.82) is 0 Å². The first-order chi connectivity index (χ1) is 30.6. The van der Waals surface area contributed by atoms with E-state index in [1.807, 2.05) is 73.6 Å². The van der Waals surface area contributed by atoms with E-state index in [9.17, 15) is 28.8 Å². The van der Waals surface area contributed by atoms with Crippen molar-refractivity contribution >= 4 is 58.7 Å². The molecule has 348 valence electrons. The van der Waals surface area contributed by atoms with E-state index in [4.69, 9.17) is 10.5 Å². The first kappa shape index (κ1) is 47.7. The molecular weight excluding hydrogens is 952 g/mol. The number of halogens is 1. The average Bonchev–Trinajstić information content (AvgIpc) is 3.79. The minimum absolute atomic E-state index is 0.0456. The molecule has 2 bridgehead atoms. The van der Waals surface area contributed by atoms with Gasteiger partial charge in [0.2, 0.25) is 0 Å². The van der Waals surface area contributed by atoms with Crippen molar-refractivity contribution < 1.29 is 59.5 Å². The van der Waals surface area contributed by atoms with E-state index < -0.39 is 103 Å². The molecular formula is C46H62IN8O8S-. The number of hydrogen-bond donors (Lipinski definition) is 3. The topological polar surface area (TPSA) is 195 Å². The third kappa shape index (κ3) is 10.9. The third-order valence-electron chi connectivity index (χ3n) is 13.4. The van der Waals surface area contributed by atoms with E-state index in [2.05, 4.69) is 15.5 Å². The van der Waals surface area contributed by atoms with Crippen molar-refractivity contribution in [2.75, 3.05) is 64.5 Å². The number of ketones is 1. The van der Waals surface area contributed by atoms with Gasteiger partial charge in [0.25, 0.3) is 0 Å². The van der Waals surface area contributed by atoms with Crippen LogP contribution in [0.5, 0.6) is 0 Å². The fourth-order valence-corrected chi connectivity index (χ4v) is 13.5. The molecule has 0 spiro atoms. The number of Topliss-reactive ketones (excluding diaryl/α,β-unsaturated/α-hetero) is 1. The molecule has 4 N–H and O–H groups in total. The zero-order chi connectivity index (χ0) is 45.8. The molecule has 8 rings (SSSR count). The van der Waals surface area contributed by atoms with Crippen LogP contribution >= 0.6 is 11.8 Å². The Morgan fingerprint density at radius 3 is 2.17 bits per heavy atom. The average molecular weight is 1010 g/mol. The third-order valence-corrected chi connectivity index (χ3v) is 17.9. The number of rotatable bonds is 8. The second kappa shape index (κ2) is 20.9. The number of cyclic esters (lactones) is 1. The van der Waals surface area contributed by atoms with Gasteiger partial charge < -0.3 is 4.90 Å². The van der Waals surface area contributed by atoms with Crippen molar-refractivity contribution in [2.24, 2.45) is 17.6 Å². The SMILES string of the molecule is C[C@@H]1NC(=O)[C@@H](N)[C@@H](C)OC(=O)[C@H]([I-]c2ccccc2)NC(=O)[C@@H]2CC(=O)[C@H](CSC3CN4CCC3CC4)CN2C(=O)[C@@H](Cc2ccc(N(C)C)cc2)N(C)C(=O)C2CCCN2C1=O. The van der Waals surface area contributed by atoms with Gasteiger partial charge in [-0.15, -0.1) is 0 Å². The molecule has 6 aliphatic heterocycles. The van der Waals surface area contributed by atoms with Gasteiger partial charge in [0, 0.05) is 14.1 Å². The molecule has 16 nitrogen and oxygen atoms in total. The number of nitrogens with two attached hydrogens (primary N) is 1. The molecule has 6 aliphatic rings. The number of benzene rings is 2. The molecule has 6 heterocycles. The molecule has 9 atom stereocenters. The molecule has 6 saturated heterocycles. The van der Waals surface area contributed by atoms with Crippen molar-refractivity contribution in [3.63, 3.8) is 0 Å². The molecule has 0 radical (unpaired) electrons. The van der Waals surface area contributed by atoms with Crippen LogP contribution in [0.25, 0.3) is 0 Å². The van der Waals surface area contributed by atoms with Gasteiger partial charge in [-0.3, -0.25) is 0 Å². The number of anilines is 1. The van der Waals surface area contributed by atoms with E-state index in [0.717, 1.165) is 47.3 Å². The van der Waals surface area contributed by atoms with E-state index in [1.54, 1.807) is 18.8 Å². The molecule has 6 fully saturated rings. The number of amides is 5. The first-order valence-corrected chi connectivity index (χ1v) is 25.7. The van der Waals surface area contributed by atoms with Crippen LogP contribution in [-0.2, 0) is 44.7 Å². The maximum atomic E-state index is 15.5. The summed E-state index contributed by atoms with van der Waals surface area (Å²) < 4.78 is 5.41. The number of carbonyl (C=O) groups is 7. The second-order valence-corrected chi connectivity index (χ2v) is 22.4. The predicted molar refractivity (Wildman–Crippen MR) is 238 cm³/mol. The van der Waals surface area contributed by atoms with E-state index in [-0.39, 0.29) is 31.7 Å². The van der Waals surface area contributed by atoms with Crippen LogP contribution in [0, 0.1) is 15.4 Å². The first-order valence-electron chi connectivity index (χ1n) is 22.3.